The molecule has 0 N–H and O–H groups in total. The Morgan fingerprint density at radius 2 is 1.10 bits per heavy atom. The lowest BCUT2D eigenvalue weighted by Gasteiger charge is -2.18. The van der Waals surface area contributed by atoms with Crippen LogP contribution in [0.3, 0.4) is 0 Å². The summed E-state index contributed by atoms with van der Waals surface area (Å²) < 4.78 is 140. The minimum absolute atomic E-state index is 0.0195. The molecule has 190 valence electrons. The maximum Gasteiger partial charge on any atom is 0.136 e. The molecule has 1 heteroatoms. The van der Waals surface area contributed by atoms with E-state index < -0.39 is 107 Å². The van der Waals surface area contributed by atoms with Crippen LogP contribution < -0.4 is 0 Å². The summed E-state index contributed by atoms with van der Waals surface area (Å²) in [6.07, 6.45) is 0. The molecular formula is C40H24O. The highest BCUT2D eigenvalue weighted by molar-refractivity contribution is 6.26. The van der Waals surface area contributed by atoms with Crippen molar-refractivity contribution in [1.29, 1.82) is 0 Å². The van der Waals surface area contributed by atoms with Gasteiger partial charge in [-0.05, 0) is 89.6 Å². The number of rotatable bonds is 2. The molecule has 0 unspecified atom stereocenters. The van der Waals surface area contributed by atoms with Gasteiger partial charge in [0.05, 0.1) is 20.6 Å². The molecule has 8 aromatic carbocycles. The van der Waals surface area contributed by atoms with Crippen molar-refractivity contribution in [1.82, 2.24) is 0 Å². The molecule has 0 aliphatic carbocycles. The number of furan rings is 1. The molecule has 9 rings (SSSR count). The van der Waals surface area contributed by atoms with Gasteiger partial charge < -0.3 is 4.42 Å². The minimum Gasteiger partial charge on any atom is -0.456 e. The lowest BCUT2D eigenvalue weighted by molar-refractivity contribution is 0.669. The van der Waals surface area contributed by atoms with Crippen molar-refractivity contribution in [3.8, 4) is 22.3 Å². The molecule has 0 saturated heterocycles. The Hall–Kier alpha value is -5.40. The standard InChI is InChI=1S/C40H24O/c1-2-11-26-22-29(21-20-25(26)10-1)38-30-14-5-7-16-32(30)39(33-17-8-6-15-31(33)38)34-18-9-19-36-40(34)35-23-27-12-3-4-13-28(27)24-37(35)41-36/h1-24H/i1D,2D,5D,6D,7D,8D,10D,11D,14D,15D,16D,17D,20D,21D,22D. The first kappa shape index (κ1) is 12.4. The van der Waals surface area contributed by atoms with Crippen molar-refractivity contribution in [3.05, 3.63) is 145 Å². The van der Waals surface area contributed by atoms with Crippen LogP contribution >= 0.6 is 0 Å². The van der Waals surface area contributed by atoms with Gasteiger partial charge in [0.15, 0.2) is 0 Å². The maximum atomic E-state index is 9.42. The van der Waals surface area contributed by atoms with Gasteiger partial charge in [0.2, 0.25) is 0 Å². The van der Waals surface area contributed by atoms with Crippen molar-refractivity contribution in [2.45, 2.75) is 0 Å². The topological polar surface area (TPSA) is 13.1 Å². The molecule has 0 aliphatic rings. The van der Waals surface area contributed by atoms with E-state index in [4.69, 9.17) is 16.8 Å². The summed E-state index contributed by atoms with van der Waals surface area (Å²) in [5.41, 5.74) is 0.365. The summed E-state index contributed by atoms with van der Waals surface area (Å²) >= 11 is 0. The van der Waals surface area contributed by atoms with Crippen LogP contribution in [0.5, 0.6) is 0 Å². The van der Waals surface area contributed by atoms with E-state index in [0.717, 1.165) is 10.8 Å². The predicted octanol–water partition coefficient (Wildman–Crippen LogP) is 11.5. The molecule has 0 fully saturated rings. The zero-order valence-corrected chi connectivity index (χ0v) is 21.1. The maximum absolute atomic E-state index is 9.42. The molecule has 1 heterocycles. The van der Waals surface area contributed by atoms with E-state index in [-0.39, 0.29) is 32.7 Å². The average Bonchev–Trinajstić information content (AvgIpc) is 3.56. The molecule has 0 radical (unpaired) electrons. The summed E-state index contributed by atoms with van der Waals surface area (Å²) in [6.45, 7) is 0. The van der Waals surface area contributed by atoms with E-state index in [9.17, 15) is 8.22 Å². The van der Waals surface area contributed by atoms with Gasteiger partial charge in [-0.1, -0.05) is 121 Å². The Morgan fingerprint density at radius 3 is 1.83 bits per heavy atom. The van der Waals surface area contributed by atoms with Gasteiger partial charge in [0.25, 0.3) is 0 Å². The third kappa shape index (κ3) is 3.30. The molecule has 0 saturated carbocycles. The van der Waals surface area contributed by atoms with Crippen molar-refractivity contribution in [3.63, 3.8) is 0 Å². The minimum atomic E-state index is -0.738. The summed E-state index contributed by atoms with van der Waals surface area (Å²) in [6, 6.07) is 6.43. The number of hydrogen-bond acceptors (Lipinski definition) is 1. The average molecular weight is 536 g/mol. The van der Waals surface area contributed by atoms with Gasteiger partial charge in [0.1, 0.15) is 11.2 Å². The normalized spacial score (nSPS) is 17.0. The Balaban J connectivity index is 1.61. The highest BCUT2D eigenvalue weighted by Gasteiger charge is 2.20. The third-order valence-corrected chi connectivity index (χ3v) is 7.51. The fraction of sp³-hybridized carbons (Fsp3) is 0. The van der Waals surface area contributed by atoms with Crippen LogP contribution in [0, 0.1) is 0 Å². The van der Waals surface area contributed by atoms with E-state index in [2.05, 4.69) is 0 Å². The highest BCUT2D eigenvalue weighted by atomic mass is 16.3. The molecule has 0 atom stereocenters. The highest BCUT2D eigenvalue weighted by Crippen LogP contribution is 2.47. The molecule has 0 spiro atoms. The van der Waals surface area contributed by atoms with Crippen LogP contribution in [0.4, 0.5) is 0 Å². The Labute approximate surface area is 258 Å². The van der Waals surface area contributed by atoms with E-state index in [0.29, 0.717) is 27.5 Å². The second kappa shape index (κ2) is 8.55. The summed E-state index contributed by atoms with van der Waals surface area (Å²) in [5, 5.41) is 1.08. The zero-order valence-electron chi connectivity index (χ0n) is 36.1. The number of fused-ring (bicyclic) bond motifs is 7. The SMILES string of the molecule is [2H]c1c([2H])c([2H])c2c([2H])c(-c3c4c([2H])c([2H])c([2H])c([2H])c4c(-c4cccc5oc6cc7ccccc7cc6c45)c4c([2H])c([2H])c([2H])c([2H])c34)c([2H])c([2H])c2c1[2H]. The fourth-order valence-electron chi connectivity index (χ4n) is 5.77. The largest absolute Gasteiger partial charge is 0.456 e. The van der Waals surface area contributed by atoms with E-state index in [1.54, 1.807) is 18.2 Å². The first-order valence-corrected chi connectivity index (χ1v) is 12.9. The van der Waals surface area contributed by atoms with Crippen molar-refractivity contribution >= 4 is 65.0 Å². The zero-order chi connectivity index (χ0) is 40.0. The second-order valence-electron chi connectivity index (χ2n) is 9.73. The van der Waals surface area contributed by atoms with Gasteiger partial charge in [0, 0.05) is 10.8 Å². The van der Waals surface area contributed by atoms with Gasteiger partial charge >= 0.3 is 0 Å². The second-order valence-corrected chi connectivity index (χ2v) is 9.73. The quantitative estimate of drug-likeness (QED) is 0.201. The van der Waals surface area contributed by atoms with Gasteiger partial charge in [-0.2, -0.15) is 0 Å². The van der Waals surface area contributed by atoms with Crippen LogP contribution in [0.25, 0.3) is 87.3 Å². The van der Waals surface area contributed by atoms with E-state index >= 15 is 0 Å². The third-order valence-electron chi connectivity index (χ3n) is 7.51. The van der Waals surface area contributed by atoms with Crippen molar-refractivity contribution < 1.29 is 25.0 Å². The molecule has 41 heavy (non-hydrogen) atoms. The van der Waals surface area contributed by atoms with Crippen LogP contribution in [-0.2, 0) is 0 Å². The number of benzene rings is 8. The van der Waals surface area contributed by atoms with Crippen molar-refractivity contribution in [2.24, 2.45) is 0 Å². The predicted molar refractivity (Wildman–Crippen MR) is 175 cm³/mol. The summed E-state index contributed by atoms with van der Waals surface area (Å²) in [7, 11) is 0. The smallest absolute Gasteiger partial charge is 0.136 e. The molecule has 0 amide bonds. The molecule has 1 nitrogen and oxygen atoms in total. The molecule has 0 aliphatic heterocycles. The fourth-order valence-corrected chi connectivity index (χ4v) is 5.77. The van der Waals surface area contributed by atoms with Crippen molar-refractivity contribution in [2.75, 3.05) is 0 Å². The monoisotopic (exact) mass is 535 g/mol. The first-order valence-electron chi connectivity index (χ1n) is 20.4. The Morgan fingerprint density at radius 1 is 0.463 bits per heavy atom. The van der Waals surface area contributed by atoms with E-state index in [1.165, 1.54) is 0 Å². The van der Waals surface area contributed by atoms with Crippen LogP contribution in [0.15, 0.2) is 150 Å². The Bertz CT molecular complexity index is 3230. The summed E-state index contributed by atoms with van der Waals surface area (Å²) in [5.74, 6) is 0. The summed E-state index contributed by atoms with van der Waals surface area (Å²) in [4.78, 5) is 0. The number of hydrogen-bond donors (Lipinski definition) is 0. The molecule has 0 bridgehead atoms. The molecule has 1 aromatic heterocycles. The van der Waals surface area contributed by atoms with Crippen LogP contribution in [0.2, 0.25) is 0 Å². The van der Waals surface area contributed by atoms with Gasteiger partial charge in [-0.15, -0.1) is 0 Å². The first-order chi connectivity index (χ1) is 26.6. The van der Waals surface area contributed by atoms with Gasteiger partial charge in [-0.25, -0.2) is 0 Å². The molecular weight excluding hydrogens is 496 g/mol. The Kier molecular flexibility index (Phi) is 2.59. The lowest BCUT2D eigenvalue weighted by Crippen LogP contribution is -1.91. The molecule has 9 aromatic rings. The lowest BCUT2D eigenvalue weighted by atomic mass is 9.84. The van der Waals surface area contributed by atoms with Crippen LogP contribution in [0.1, 0.15) is 20.6 Å². The van der Waals surface area contributed by atoms with E-state index in [1.807, 2.05) is 36.4 Å². The van der Waals surface area contributed by atoms with Crippen LogP contribution in [-0.4, -0.2) is 0 Å². The van der Waals surface area contributed by atoms with Gasteiger partial charge in [-0.3, -0.25) is 0 Å².